The number of hydrogen-bond acceptors (Lipinski definition) is 5. The lowest BCUT2D eigenvalue weighted by Crippen LogP contribution is -2.39. The van der Waals surface area contributed by atoms with Crippen LogP contribution in [0.3, 0.4) is 0 Å². The van der Waals surface area contributed by atoms with E-state index in [-0.39, 0.29) is 0 Å². The second-order valence-electron chi connectivity index (χ2n) is 5.92. The number of aryl methyl sites for hydroxylation is 1. The normalized spacial score (nSPS) is 13.1. The number of methoxy groups -OCH3 is 1. The Morgan fingerprint density at radius 1 is 1.38 bits per heavy atom. The molecule has 26 heavy (non-hydrogen) atoms. The van der Waals surface area contributed by atoms with Gasteiger partial charge in [0, 0.05) is 37.8 Å². The van der Waals surface area contributed by atoms with Crippen molar-refractivity contribution in [1.82, 2.24) is 14.7 Å². The van der Waals surface area contributed by atoms with Crippen molar-refractivity contribution in [3.05, 3.63) is 41.2 Å². The van der Waals surface area contributed by atoms with Crippen molar-refractivity contribution >= 4 is 29.0 Å². The van der Waals surface area contributed by atoms with Crippen molar-refractivity contribution < 1.29 is 14.3 Å². The van der Waals surface area contributed by atoms with Crippen LogP contribution in [0.2, 0.25) is 0 Å². The molecule has 1 aromatic heterocycles. The highest BCUT2D eigenvalue weighted by atomic mass is 32.1. The number of aromatic nitrogens is 2. The van der Waals surface area contributed by atoms with Crippen molar-refractivity contribution in [3.63, 3.8) is 0 Å². The quantitative estimate of drug-likeness (QED) is 0.651. The zero-order valence-electron chi connectivity index (χ0n) is 15.1. The fourth-order valence-electron chi connectivity index (χ4n) is 3.07. The number of hydrogen-bond donors (Lipinski definition) is 1. The molecule has 2 aromatic rings. The second kappa shape index (κ2) is 7.74. The number of carbonyl (C=O) groups excluding carboxylic acids is 1. The summed E-state index contributed by atoms with van der Waals surface area (Å²) in [6.07, 6.45) is 0.756. The van der Waals surface area contributed by atoms with E-state index in [1.807, 2.05) is 36.2 Å². The molecule has 138 valence electrons. The van der Waals surface area contributed by atoms with E-state index in [4.69, 9.17) is 21.7 Å². The van der Waals surface area contributed by atoms with Crippen LogP contribution in [-0.4, -0.2) is 46.0 Å². The van der Waals surface area contributed by atoms with Crippen LogP contribution in [0.25, 0.3) is 0 Å². The first-order valence-corrected chi connectivity index (χ1v) is 8.86. The van der Waals surface area contributed by atoms with Crippen molar-refractivity contribution in [2.45, 2.75) is 19.9 Å². The summed E-state index contributed by atoms with van der Waals surface area (Å²) in [5, 5.41) is 8.16. The topological polar surface area (TPSA) is 68.6 Å². The first kappa shape index (κ1) is 18.2. The number of fused-ring (bicyclic) bond motifs is 1. The third-order valence-electron chi connectivity index (χ3n) is 4.35. The van der Waals surface area contributed by atoms with E-state index in [1.54, 1.807) is 18.7 Å². The molecule has 1 aromatic carbocycles. The Bertz CT molecular complexity index is 834. The minimum Gasteiger partial charge on any atom is -0.495 e. The van der Waals surface area contributed by atoms with E-state index < -0.39 is 5.97 Å². The third-order valence-corrected chi connectivity index (χ3v) is 4.71. The van der Waals surface area contributed by atoms with Crippen LogP contribution < -0.4 is 10.1 Å². The van der Waals surface area contributed by atoms with Crippen molar-refractivity contribution in [3.8, 4) is 5.75 Å². The van der Waals surface area contributed by atoms with E-state index in [0.717, 1.165) is 35.7 Å². The van der Waals surface area contributed by atoms with Crippen LogP contribution >= 0.6 is 12.2 Å². The maximum atomic E-state index is 12.2. The summed E-state index contributed by atoms with van der Waals surface area (Å²) >= 11 is 5.58. The number of carbonyl (C=O) groups is 1. The Kier molecular flexibility index (Phi) is 5.41. The van der Waals surface area contributed by atoms with Gasteiger partial charge in [0.05, 0.1) is 19.4 Å². The van der Waals surface area contributed by atoms with Gasteiger partial charge in [0.2, 0.25) is 0 Å². The highest BCUT2D eigenvalue weighted by molar-refractivity contribution is 7.80. The molecule has 8 heteroatoms. The van der Waals surface area contributed by atoms with Gasteiger partial charge >= 0.3 is 5.97 Å². The Morgan fingerprint density at radius 2 is 2.15 bits per heavy atom. The number of nitrogens with zero attached hydrogens (tertiary/aromatic N) is 3. The van der Waals surface area contributed by atoms with E-state index in [1.165, 1.54) is 0 Å². The highest BCUT2D eigenvalue weighted by Crippen LogP contribution is 2.26. The molecule has 0 saturated carbocycles. The molecule has 0 fully saturated rings. The molecule has 3 rings (SSSR count). The largest absolute Gasteiger partial charge is 0.495 e. The molecule has 1 N–H and O–H groups in total. The van der Waals surface area contributed by atoms with Gasteiger partial charge in [-0.25, -0.2) is 4.79 Å². The number of esters is 1. The molecule has 0 bridgehead atoms. The Hall–Kier alpha value is -2.61. The van der Waals surface area contributed by atoms with Crippen molar-refractivity contribution in [1.29, 1.82) is 0 Å². The maximum Gasteiger partial charge on any atom is 0.359 e. The van der Waals surface area contributed by atoms with Crippen LogP contribution in [0.1, 0.15) is 28.7 Å². The van der Waals surface area contributed by atoms with Gasteiger partial charge in [0.15, 0.2) is 10.8 Å². The fraction of sp³-hybridized carbons (Fsp3) is 0.389. The van der Waals surface area contributed by atoms with Gasteiger partial charge in [-0.2, -0.15) is 5.10 Å². The van der Waals surface area contributed by atoms with Crippen LogP contribution in [0, 0.1) is 0 Å². The van der Waals surface area contributed by atoms with Crippen LogP contribution in [0.4, 0.5) is 5.69 Å². The number of benzene rings is 1. The molecule has 0 atom stereocenters. The van der Waals surface area contributed by atoms with Crippen LogP contribution in [-0.2, 0) is 24.8 Å². The lowest BCUT2D eigenvalue weighted by Gasteiger charge is -2.30. The van der Waals surface area contributed by atoms with E-state index in [0.29, 0.717) is 24.0 Å². The summed E-state index contributed by atoms with van der Waals surface area (Å²) in [4.78, 5) is 14.2. The van der Waals surface area contributed by atoms with Crippen molar-refractivity contribution in [2.24, 2.45) is 7.05 Å². The molecule has 1 aliphatic rings. The van der Waals surface area contributed by atoms with Crippen LogP contribution in [0.15, 0.2) is 24.3 Å². The maximum absolute atomic E-state index is 12.2. The molecule has 0 unspecified atom stereocenters. The Balaban J connectivity index is 1.79. The smallest absolute Gasteiger partial charge is 0.359 e. The molecule has 0 saturated heterocycles. The number of anilines is 1. The summed E-state index contributed by atoms with van der Waals surface area (Å²) in [5.41, 5.74) is 3.10. The second-order valence-corrected chi connectivity index (χ2v) is 6.31. The summed E-state index contributed by atoms with van der Waals surface area (Å²) in [5.74, 6) is 0.330. The first-order valence-electron chi connectivity index (χ1n) is 8.46. The van der Waals surface area contributed by atoms with Crippen LogP contribution in [0.5, 0.6) is 5.75 Å². The summed E-state index contributed by atoms with van der Waals surface area (Å²) in [6.45, 7) is 3.36. The predicted octanol–water partition coefficient (Wildman–Crippen LogP) is 2.36. The molecular formula is C18H22N4O3S. The van der Waals surface area contributed by atoms with Gasteiger partial charge in [-0.05, 0) is 31.3 Å². The third kappa shape index (κ3) is 3.50. The summed E-state index contributed by atoms with van der Waals surface area (Å²) in [7, 11) is 3.47. The molecule has 7 nitrogen and oxygen atoms in total. The molecule has 0 aliphatic carbocycles. The fourth-order valence-corrected chi connectivity index (χ4v) is 3.34. The highest BCUT2D eigenvalue weighted by Gasteiger charge is 2.29. The van der Waals surface area contributed by atoms with Gasteiger partial charge in [0.25, 0.3) is 0 Å². The van der Waals surface area contributed by atoms with Gasteiger partial charge < -0.3 is 19.7 Å². The molecular weight excluding hydrogens is 352 g/mol. The minimum atomic E-state index is -0.394. The average Bonchev–Trinajstić information content (AvgIpc) is 2.98. The minimum absolute atomic E-state index is 0.321. The van der Waals surface area contributed by atoms with Gasteiger partial charge in [-0.15, -0.1) is 0 Å². The molecule has 0 spiro atoms. The number of para-hydroxylation sites is 2. The Labute approximate surface area is 157 Å². The summed E-state index contributed by atoms with van der Waals surface area (Å²) in [6, 6.07) is 7.61. The Morgan fingerprint density at radius 3 is 2.88 bits per heavy atom. The number of ether oxygens (including phenoxy) is 2. The lowest BCUT2D eigenvalue weighted by molar-refractivity contribution is 0.0516. The zero-order chi connectivity index (χ0) is 18.7. The van der Waals surface area contributed by atoms with E-state index in [9.17, 15) is 4.79 Å². The van der Waals surface area contributed by atoms with E-state index >= 15 is 0 Å². The molecule has 0 radical (unpaired) electrons. The van der Waals surface area contributed by atoms with Crippen molar-refractivity contribution in [2.75, 3.05) is 25.6 Å². The molecule has 0 amide bonds. The van der Waals surface area contributed by atoms with Gasteiger partial charge in [0.1, 0.15) is 5.75 Å². The van der Waals surface area contributed by atoms with E-state index in [2.05, 4.69) is 10.4 Å². The summed E-state index contributed by atoms with van der Waals surface area (Å²) < 4.78 is 12.2. The monoisotopic (exact) mass is 374 g/mol. The SMILES string of the molecule is CCOC(=O)c1nn(C)c2c1CN(C(=S)Nc1ccccc1OC)CC2. The molecule has 2 heterocycles. The first-order chi connectivity index (χ1) is 12.5. The zero-order valence-corrected chi connectivity index (χ0v) is 15.9. The van der Waals surface area contributed by atoms with Gasteiger partial charge in [-0.1, -0.05) is 12.1 Å². The number of thiocarbonyl (C=S) groups is 1. The number of rotatable bonds is 4. The number of nitrogens with one attached hydrogen (secondary N) is 1. The predicted molar refractivity (Wildman–Crippen MR) is 102 cm³/mol. The lowest BCUT2D eigenvalue weighted by atomic mass is 10.1. The average molecular weight is 374 g/mol. The molecule has 1 aliphatic heterocycles. The standard InChI is InChI=1S/C18H22N4O3S/c1-4-25-17(23)16-12-11-22(10-9-14(12)21(2)20-16)18(26)19-13-7-5-6-8-15(13)24-3/h5-8H,4,9-11H2,1-3H3,(H,19,26). The van der Waals surface area contributed by atoms with Gasteiger partial charge in [-0.3, -0.25) is 4.68 Å².